The molecule has 0 unspecified atom stereocenters. The van der Waals surface area contributed by atoms with Crippen LogP contribution < -0.4 is 0 Å². The summed E-state index contributed by atoms with van der Waals surface area (Å²) in [6.07, 6.45) is 5.05. The normalized spacial score (nSPS) is 17.5. The van der Waals surface area contributed by atoms with Crippen LogP contribution in [-0.4, -0.2) is 49.5 Å². The highest BCUT2D eigenvalue weighted by Gasteiger charge is 2.16. The Morgan fingerprint density at radius 1 is 1.14 bits per heavy atom. The van der Waals surface area contributed by atoms with E-state index in [9.17, 15) is 0 Å². The Morgan fingerprint density at radius 2 is 1.79 bits per heavy atom. The van der Waals surface area contributed by atoms with E-state index in [1.807, 2.05) is 0 Å². The molecule has 0 bridgehead atoms. The molecule has 1 saturated heterocycles. The average Bonchev–Trinajstić information content (AvgIpc) is 2.16. The lowest BCUT2D eigenvalue weighted by molar-refractivity contribution is 0.316. The van der Waals surface area contributed by atoms with E-state index in [0.717, 1.165) is 19.6 Å². The Morgan fingerprint density at radius 3 is 2.36 bits per heavy atom. The summed E-state index contributed by atoms with van der Waals surface area (Å²) in [5, 5.41) is 0. The fourth-order valence-electron chi connectivity index (χ4n) is 1.82. The van der Waals surface area contributed by atoms with Crippen molar-refractivity contribution >= 4 is 5.96 Å². The van der Waals surface area contributed by atoms with Gasteiger partial charge in [-0.1, -0.05) is 19.8 Å². The summed E-state index contributed by atoms with van der Waals surface area (Å²) in [4.78, 5) is 9.17. The minimum atomic E-state index is 0.984. The fraction of sp³-hybridized carbons (Fsp3) is 0.909. The molecule has 82 valence electrons. The average molecular weight is 197 g/mol. The predicted molar refractivity (Wildman–Crippen MR) is 61.7 cm³/mol. The summed E-state index contributed by atoms with van der Waals surface area (Å²) in [6, 6.07) is 0. The Bertz CT molecular complexity index is 177. The summed E-state index contributed by atoms with van der Waals surface area (Å²) >= 11 is 0. The predicted octanol–water partition coefficient (Wildman–Crippen LogP) is 1.80. The molecule has 14 heavy (non-hydrogen) atoms. The van der Waals surface area contributed by atoms with Gasteiger partial charge < -0.3 is 9.80 Å². The van der Waals surface area contributed by atoms with Gasteiger partial charge in [0.05, 0.1) is 0 Å². The van der Waals surface area contributed by atoms with Crippen molar-refractivity contribution in [3.05, 3.63) is 0 Å². The molecule has 3 heteroatoms. The van der Waals surface area contributed by atoms with Crippen molar-refractivity contribution in [3.8, 4) is 0 Å². The van der Waals surface area contributed by atoms with Crippen LogP contribution in [0.15, 0.2) is 4.99 Å². The third-order valence-electron chi connectivity index (χ3n) is 2.68. The van der Waals surface area contributed by atoms with E-state index in [1.165, 1.54) is 31.6 Å². The summed E-state index contributed by atoms with van der Waals surface area (Å²) < 4.78 is 0. The number of nitrogens with zero attached hydrogens (tertiary/aromatic N) is 3. The van der Waals surface area contributed by atoms with Gasteiger partial charge in [0, 0.05) is 33.7 Å². The lowest BCUT2D eigenvalue weighted by Crippen LogP contribution is -2.46. The SMILES string of the molecule is CCCCCN=C1N(C)CCCN1C. The monoisotopic (exact) mass is 197 g/mol. The first-order valence-electron chi connectivity index (χ1n) is 5.72. The van der Waals surface area contributed by atoms with Crippen molar-refractivity contribution < 1.29 is 0 Å². The van der Waals surface area contributed by atoms with Gasteiger partial charge in [-0.25, -0.2) is 0 Å². The minimum absolute atomic E-state index is 0.984. The van der Waals surface area contributed by atoms with Gasteiger partial charge in [0.15, 0.2) is 5.96 Å². The van der Waals surface area contributed by atoms with Crippen LogP contribution in [-0.2, 0) is 0 Å². The summed E-state index contributed by atoms with van der Waals surface area (Å²) in [5.74, 6) is 1.17. The molecule has 0 aromatic carbocycles. The second kappa shape index (κ2) is 5.89. The Kier molecular flexibility index (Phi) is 4.77. The molecule has 0 amide bonds. The van der Waals surface area contributed by atoms with E-state index in [2.05, 4.69) is 35.8 Å². The third kappa shape index (κ3) is 3.20. The number of hydrogen-bond acceptors (Lipinski definition) is 1. The van der Waals surface area contributed by atoms with Crippen molar-refractivity contribution in [1.29, 1.82) is 0 Å². The van der Waals surface area contributed by atoms with Crippen molar-refractivity contribution in [2.24, 2.45) is 4.99 Å². The number of guanidine groups is 1. The maximum Gasteiger partial charge on any atom is 0.196 e. The van der Waals surface area contributed by atoms with Gasteiger partial charge in [0.2, 0.25) is 0 Å². The largest absolute Gasteiger partial charge is 0.346 e. The molecule has 0 spiro atoms. The van der Waals surface area contributed by atoms with Crippen LogP contribution in [0.25, 0.3) is 0 Å². The highest BCUT2D eigenvalue weighted by Crippen LogP contribution is 2.05. The Labute approximate surface area is 87.8 Å². The van der Waals surface area contributed by atoms with Crippen molar-refractivity contribution in [2.45, 2.75) is 32.6 Å². The second-order valence-electron chi connectivity index (χ2n) is 4.09. The summed E-state index contributed by atoms with van der Waals surface area (Å²) in [6.45, 7) is 5.51. The molecule has 0 atom stereocenters. The molecule has 3 nitrogen and oxygen atoms in total. The van der Waals surface area contributed by atoms with Gasteiger partial charge in [0.1, 0.15) is 0 Å². The number of unbranched alkanes of at least 4 members (excludes halogenated alkanes) is 2. The lowest BCUT2D eigenvalue weighted by atomic mass is 10.2. The van der Waals surface area contributed by atoms with Crippen molar-refractivity contribution in [3.63, 3.8) is 0 Å². The van der Waals surface area contributed by atoms with Crippen molar-refractivity contribution in [2.75, 3.05) is 33.7 Å². The van der Waals surface area contributed by atoms with Crippen LogP contribution in [0.3, 0.4) is 0 Å². The van der Waals surface area contributed by atoms with Crippen LogP contribution in [0.4, 0.5) is 0 Å². The molecule has 0 aromatic rings. The lowest BCUT2D eigenvalue weighted by Gasteiger charge is -2.34. The molecule has 1 rings (SSSR count). The topological polar surface area (TPSA) is 18.8 Å². The number of hydrogen-bond donors (Lipinski definition) is 0. The quantitative estimate of drug-likeness (QED) is 0.640. The van der Waals surface area contributed by atoms with E-state index in [4.69, 9.17) is 0 Å². The van der Waals surface area contributed by atoms with E-state index >= 15 is 0 Å². The molecule has 0 radical (unpaired) electrons. The molecule has 1 aliphatic heterocycles. The van der Waals surface area contributed by atoms with E-state index in [0.29, 0.717) is 0 Å². The zero-order valence-corrected chi connectivity index (χ0v) is 9.79. The van der Waals surface area contributed by atoms with Crippen molar-refractivity contribution in [1.82, 2.24) is 9.80 Å². The van der Waals surface area contributed by atoms with Gasteiger partial charge in [0.25, 0.3) is 0 Å². The zero-order chi connectivity index (χ0) is 10.4. The number of aliphatic imine (C=N–C) groups is 1. The fourth-order valence-corrected chi connectivity index (χ4v) is 1.82. The van der Waals surface area contributed by atoms with E-state index in [-0.39, 0.29) is 0 Å². The molecular formula is C11H23N3. The highest BCUT2D eigenvalue weighted by atomic mass is 15.4. The maximum absolute atomic E-state index is 4.65. The zero-order valence-electron chi connectivity index (χ0n) is 9.79. The van der Waals surface area contributed by atoms with E-state index < -0.39 is 0 Å². The second-order valence-corrected chi connectivity index (χ2v) is 4.09. The van der Waals surface area contributed by atoms with Gasteiger partial charge >= 0.3 is 0 Å². The van der Waals surface area contributed by atoms with Gasteiger partial charge in [-0.2, -0.15) is 0 Å². The minimum Gasteiger partial charge on any atom is -0.346 e. The molecule has 0 aliphatic carbocycles. The molecular weight excluding hydrogens is 174 g/mol. The molecule has 0 N–H and O–H groups in total. The summed E-state index contributed by atoms with van der Waals surface area (Å²) in [7, 11) is 4.27. The van der Waals surface area contributed by atoms with Crippen LogP contribution in [0.2, 0.25) is 0 Å². The first-order valence-corrected chi connectivity index (χ1v) is 5.72. The standard InChI is InChI=1S/C11H23N3/c1-4-5-6-8-12-11-13(2)9-7-10-14(11)3/h4-10H2,1-3H3. The van der Waals surface area contributed by atoms with E-state index in [1.54, 1.807) is 0 Å². The van der Waals surface area contributed by atoms with Gasteiger partial charge in [-0.3, -0.25) is 4.99 Å². The van der Waals surface area contributed by atoms with Gasteiger partial charge in [-0.05, 0) is 12.8 Å². The molecule has 0 aromatic heterocycles. The summed E-state index contributed by atoms with van der Waals surface area (Å²) in [5.41, 5.74) is 0. The number of rotatable bonds is 4. The molecule has 1 fully saturated rings. The van der Waals surface area contributed by atoms with Gasteiger partial charge in [-0.15, -0.1) is 0 Å². The Balaban J connectivity index is 2.37. The van der Waals surface area contributed by atoms with Crippen LogP contribution >= 0.6 is 0 Å². The first kappa shape index (κ1) is 11.3. The first-order chi connectivity index (χ1) is 6.75. The smallest absolute Gasteiger partial charge is 0.196 e. The molecule has 1 heterocycles. The molecule has 0 saturated carbocycles. The van der Waals surface area contributed by atoms with Crippen LogP contribution in [0.5, 0.6) is 0 Å². The maximum atomic E-state index is 4.65. The molecule has 1 aliphatic rings. The Hall–Kier alpha value is -0.730. The van der Waals surface area contributed by atoms with Crippen LogP contribution in [0, 0.1) is 0 Å². The third-order valence-corrected chi connectivity index (χ3v) is 2.68. The van der Waals surface area contributed by atoms with Crippen LogP contribution in [0.1, 0.15) is 32.6 Å². The highest BCUT2D eigenvalue weighted by molar-refractivity contribution is 5.80.